The minimum absolute atomic E-state index is 0.0995. The average molecular weight is 278 g/mol. The molecule has 4 heteroatoms. The monoisotopic (exact) mass is 277 g/mol. The minimum Gasteiger partial charge on any atom is -0.377 e. The van der Waals surface area contributed by atoms with Gasteiger partial charge in [0.2, 0.25) is 0 Å². The summed E-state index contributed by atoms with van der Waals surface area (Å²) in [4.78, 5) is 0. The highest BCUT2D eigenvalue weighted by atomic mass is 35.5. The fourth-order valence-electron chi connectivity index (χ4n) is 2.94. The highest BCUT2D eigenvalue weighted by Gasteiger charge is 2.37. The van der Waals surface area contributed by atoms with Crippen LogP contribution >= 0.6 is 11.6 Å². The Morgan fingerprint density at radius 2 is 2.32 bits per heavy atom. The van der Waals surface area contributed by atoms with E-state index in [-0.39, 0.29) is 5.54 Å². The molecule has 2 atom stereocenters. The van der Waals surface area contributed by atoms with Gasteiger partial charge in [0.15, 0.2) is 0 Å². The molecule has 0 radical (unpaired) electrons. The molecule has 1 aromatic rings. The van der Waals surface area contributed by atoms with Gasteiger partial charge in [-0.3, -0.25) is 0 Å². The SMILES string of the molecule is CC1CCCCC1(CN)Nc1ccc(Cl)cc1C#N. The third kappa shape index (κ3) is 2.86. The molecular weight excluding hydrogens is 258 g/mol. The molecule has 0 heterocycles. The predicted octanol–water partition coefficient (Wildman–Crippen LogP) is 3.53. The molecule has 1 aliphatic rings. The number of halogens is 1. The van der Waals surface area contributed by atoms with Crippen LogP contribution in [-0.4, -0.2) is 12.1 Å². The molecule has 1 fully saturated rings. The van der Waals surface area contributed by atoms with E-state index in [1.807, 2.05) is 12.1 Å². The molecule has 0 saturated heterocycles. The van der Waals surface area contributed by atoms with Crippen LogP contribution in [0, 0.1) is 17.2 Å². The van der Waals surface area contributed by atoms with Gasteiger partial charge >= 0.3 is 0 Å². The lowest BCUT2D eigenvalue weighted by atomic mass is 9.73. The van der Waals surface area contributed by atoms with Gasteiger partial charge in [-0.15, -0.1) is 0 Å². The van der Waals surface area contributed by atoms with Crippen LogP contribution in [0.5, 0.6) is 0 Å². The number of hydrogen-bond acceptors (Lipinski definition) is 3. The fraction of sp³-hybridized carbons (Fsp3) is 0.533. The van der Waals surface area contributed by atoms with Gasteiger partial charge in [-0.1, -0.05) is 31.4 Å². The average Bonchev–Trinajstić information content (AvgIpc) is 2.43. The summed E-state index contributed by atoms with van der Waals surface area (Å²) in [6, 6.07) is 7.57. The highest BCUT2D eigenvalue weighted by molar-refractivity contribution is 6.30. The molecule has 1 aliphatic carbocycles. The largest absolute Gasteiger partial charge is 0.377 e. The Morgan fingerprint density at radius 1 is 1.53 bits per heavy atom. The molecule has 0 aliphatic heterocycles. The van der Waals surface area contributed by atoms with E-state index in [0.717, 1.165) is 12.1 Å². The maximum absolute atomic E-state index is 9.22. The zero-order chi connectivity index (χ0) is 13.9. The summed E-state index contributed by atoms with van der Waals surface area (Å²) in [5, 5.41) is 13.3. The van der Waals surface area contributed by atoms with Crippen molar-refractivity contribution in [2.75, 3.05) is 11.9 Å². The standard InChI is InChI=1S/C15H20ClN3/c1-11-4-2-3-7-15(11,10-18)19-14-6-5-13(16)8-12(14)9-17/h5-6,8,11,19H,2-4,7,10,18H2,1H3. The van der Waals surface area contributed by atoms with Crippen molar-refractivity contribution in [3.63, 3.8) is 0 Å². The van der Waals surface area contributed by atoms with Crippen LogP contribution in [0.15, 0.2) is 18.2 Å². The number of nitrogens with zero attached hydrogens (tertiary/aromatic N) is 1. The predicted molar refractivity (Wildman–Crippen MR) is 79.2 cm³/mol. The molecule has 0 spiro atoms. The molecule has 0 bridgehead atoms. The fourth-order valence-corrected chi connectivity index (χ4v) is 3.11. The Hall–Kier alpha value is -1.24. The maximum Gasteiger partial charge on any atom is 0.101 e. The van der Waals surface area contributed by atoms with Gasteiger partial charge in [-0.2, -0.15) is 5.26 Å². The zero-order valence-corrected chi connectivity index (χ0v) is 12.0. The Labute approximate surface area is 119 Å². The second-order valence-electron chi connectivity index (χ2n) is 5.43. The Morgan fingerprint density at radius 3 is 2.95 bits per heavy atom. The van der Waals surface area contributed by atoms with Gasteiger partial charge < -0.3 is 11.1 Å². The lowest BCUT2D eigenvalue weighted by Crippen LogP contribution is -2.52. The topological polar surface area (TPSA) is 61.8 Å². The van der Waals surface area contributed by atoms with Gasteiger partial charge in [0.1, 0.15) is 6.07 Å². The second-order valence-corrected chi connectivity index (χ2v) is 5.87. The molecule has 102 valence electrons. The summed E-state index contributed by atoms with van der Waals surface area (Å²) in [6.45, 7) is 2.82. The first-order valence-electron chi connectivity index (χ1n) is 6.79. The van der Waals surface area contributed by atoms with Crippen molar-refractivity contribution in [1.82, 2.24) is 0 Å². The summed E-state index contributed by atoms with van der Waals surface area (Å²) in [5.41, 5.74) is 7.35. The van der Waals surface area contributed by atoms with Crippen molar-refractivity contribution in [3.8, 4) is 6.07 Å². The van der Waals surface area contributed by atoms with Crippen molar-refractivity contribution in [2.24, 2.45) is 11.7 Å². The van der Waals surface area contributed by atoms with E-state index >= 15 is 0 Å². The quantitative estimate of drug-likeness (QED) is 0.888. The van der Waals surface area contributed by atoms with Crippen LogP contribution in [0.4, 0.5) is 5.69 Å². The minimum atomic E-state index is -0.0995. The van der Waals surface area contributed by atoms with Crippen molar-refractivity contribution in [1.29, 1.82) is 5.26 Å². The van der Waals surface area contributed by atoms with E-state index in [1.54, 1.807) is 6.07 Å². The van der Waals surface area contributed by atoms with Gasteiger partial charge in [0.05, 0.1) is 16.8 Å². The second kappa shape index (κ2) is 5.81. The van der Waals surface area contributed by atoms with Gasteiger partial charge in [-0.05, 0) is 37.0 Å². The number of anilines is 1. The molecule has 1 aromatic carbocycles. The number of hydrogen-bond donors (Lipinski definition) is 2. The third-order valence-electron chi connectivity index (χ3n) is 4.30. The lowest BCUT2D eigenvalue weighted by molar-refractivity contribution is 0.235. The van der Waals surface area contributed by atoms with Crippen molar-refractivity contribution in [3.05, 3.63) is 28.8 Å². The van der Waals surface area contributed by atoms with Crippen LogP contribution in [0.2, 0.25) is 5.02 Å². The molecule has 2 unspecified atom stereocenters. The van der Waals surface area contributed by atoms with Crippen LogP contribution in [0.3, 0.4) is 0 Å². The first-order chi connectivity index (χ1) is 9.11. The molecular formula is C15H20ClN3. The molecule has 3 N–H and O–H groups in total. The molecule has 2 rings (SSSR count). The van der Waals surface area contributed by atoms with Gasteiger partial charge in [0, 0.05) is 11.6 Å². The van der Waals surface area contributed by atoms with Gasteiger partial charge in [-0.25, -0.2) is 0 Å². The summed E-state index contributed by atoms with van der Waals surface area (Å²) >= 11 is 5.93. The first kappa shape index (κ1) is 14.2. The number of nitriles is 1. The molecule has 19 heavy (non-hydrogen) atoms. The molecule has 0 aromatic heterocycles. The summed E-state index contributed by atoms with van der Waals surface area (Å²) in [6.07, 6.45) is 4.68. The summed E-state index contributed by atoms with van der Waals surface area (Å²) < 4.78 is 0. The molecule has 1 saturated carbocycles. The summed E-state index contributed by atoms with van der Waals surface area (Å²) in [7, 11) is 0. The van der Waals surface area contributed by atoms with Crippen molar-refractivity contribution >= 4 is 17.3 Å². The van der Waals surface area contributed by atoms with Crippen molar-refractivity contribution in [2.45, 2.75) is 38.1 Å². The summed E-state index contributed by atoms with van der Waals surface area (Å²) in [5.74, 6) is 0.508. The van der Waals surface area contributed by atoms with E-state index in [0.29, 0.717) is 23.0 Å². The number of nitrogens with two attached hydrogens (primary N) is 1. The first-order valence-corrected chi connectivity index (χ1v) is 7.17. The van der Waals surface area contributed by atoms with E-state index in [4.69, 9.17) is 17.3 Å². The molecule has 0 amide bonds. The zero-order valence-electron chi connectivity index (χ0n) is 11.2. The Balaban J connectivity index is 2.30. The van der Waals surface area contributed by atoms with Crippen LogP contribution in [0.25, 0.3) is 0 Å². The molecule has 3 nitrogen and oxygen atoms in total. The number of rotatable bonds is 3. The van der Waals surface area contributed by atoms with E-state index in [2.05, 4.69) is 18.3 Å². The smallest absolute Gasteiger partial charge is 0.101 e. The van der Waals surface area contributed by atoms with Crippen molar-refractivity contribution < 1.29 is 0 Å². The van der Waals surface area contributed by atoms with Crippen LogP contribution < -0.4 is 11.1 Å². The normalized spacial score (nSPS) is 26.7. The highest BCUT2D eigenvalue weighted by Crippen LogP contribution is 2.36. The number of nitrogens with one attached hydrogen (secondary N) is 1. The van der Waals surface area contributed by atoms with E-state index in [9.17, 15) is 5.26 Å². The van der Waals surface area contributed by atoms with Gasteiger partial charge in [0.25, 0.3) is 0 Å². The van der Waals surface area contributed by atoms with E-state index in [1.165, 1.54) is 19.3 Å². The van der Waals surface area contributed by atoms with Crippen LogP contribution in [0.1, 0.15) is 38.2 Å². The van der Waals surface area contributed by atoms with E-state index < -0.39 is 0 Å². The number of benzene rings is 1. The Kier molecular flexibility index (Phi) is 4.34. The van der Waals surface area contributed by atoms with Crippen LogP contribution in [-0.2, 0) is 0 Å². The third-order valence-corrected chi connectivity index (χ3v) is 4.54. The Bertz CT molecular complexity index is 495. The lowest BCUT2D eigenvalue weighted by Gasteiger charge is -2.43. The maximum atomic E-state index is 9.22.